The molecule has 0 bridgehead atoms. The summed E-state index contributed by atoms with van der Waals surface area (Å²) in [7, 11) is 0. The molecule has 4 heterocycles. The molecule has 0 unspecified atom stereocenters. The van der Waals surface area contributed by atoms with Gasteiger partial charge in [-0.05, 0) is 42.7 Å². The number of carbonyl (C=O) groups excluding carboxylic acids is 4. The lowest BCUT2D eigenvalue weighted by molar-refractivity contribution is -0.159. The molecule has 7 atom stereocenters. The second kappa shape index (κ2) is 11.6. The van der Waals surface area contributed by atoms with Gasteiger partial charge in [-0.2, -0.15) is 0 Å². The Morgan fingerprint density at radius 2 is 1.86 bits per heavy atom. The lowest BCUT2D eigenvalue weighted by atomic mass is 9.78. The highest BCUT2D eigenvalue weighted by atomic mass is 16.6. The predicted octanol–water partition coefficient (Wildman–Crippen LogP) is 2.49. The van der Waals surface area contributed by atoms with E-state index in [1.54, 1.807) is 30.1 Å². The van der Waals surface area contributed by atoms with Crippen LogP contribution in [-0.4, -0.2) is 83.3 Å². The van der Waals surface area contributed by atoms with Gasteiger partial charge in [0.05, 0.1) is 31.2 Å². The van der Waals surface area contributed by atoms with Crippen molar-refractivity contribution in [1.82, 2.24) is 10.2 Å². The minimum atomic E-state index is -1.46. The molecule has 0 radical (unpaired) electrons. The number of likely N-dealkylation sites (tertiary alicyclic amines) is 1. The average Bonchev–Trinajstić information content (AvgIpc) is 3.39. The number of benzene rings is 2. The van der Waals surface area contributed by atoms with Gasteiger partial charge in [0.1, 0.15) is 23.7 Å². The summed E-state index contributed by atoms with van der Waals surface area (Å²) in [4.78, 5) is 58.1. The Kier molecular flexibility index (Phi) is 7.83. The molecule has 2 saturated heterocycles. The molecule has 0 aromatic heterocycles. The van der Waals surface area contributed by atoms with Crippen molar-refractivity contribution in [2.75, 3.05) is 24.6 Å². The van der Waals surface area contributed by atoms with Gasteiger partial charge < -0.3 is 29.7 Å². The molecule has 0 saturated carbocycles. The van der Waals surface area contributed by atoms with Crippen molar-refractivity contribution in [2.45, 2.75) is 63.0 Å². The molecule has 2 aromatic carbocycles. The molecule has 2 N–H and O–H groups in total. The van der Waals surface area contributed by atoms with Crippen LogP contribution in [0.15, 0.2) is 66.8 Å². The van der Waals surface area contributed by atoms with Crippen LogP contribution in [-0.2, 0) is 28.7 Å². The van der Waals surface area contributed by atoms with Crippen LogP contribution in [0.25, 0.3) is 10.8 Å². The number of hydrogen-bond acceptors (Lipinski definition) is 7. The van der Waals surface area contributed by atoms with E-state index in [9.17, 15) is 24.3 Å². The van der Waals surface area contributed by atoms with Gasteiger partial charge in [-0.15, -0.1) is 0 Å². The van der Waals surface area contributed by atoms with Crippen molar-refractivity contribution in [1.29, 1.82) is 0 Å². The quantitative estimate of drug-likeness (QED) is 0.416. The van der Waals surface area contributed by atoms with E-state index in [1.807, 2.05) is 55.5 Å². The fourth-order valence-corrected chi connectivity index (χ4v) is 6.99. The first-order valence-electron chi connectivity index (χ1n) is 15.0. The van der Waals surface area contributed by atoms with Crippen molar-refractivity contribution in [3.8, 4) is 0 Å². The third-order valence-electron chi connectivity index (χ3n) is 9.09. The lowest BCUT2D eigenvalue weighted by Gasteiger charge is -2.38. The molecule has 6 rings (SSSR count). The summed E-state index contributed by atoms with van der Waals surface area (Å²) in [5, 5.41) is 15.1. The Morgan fingerprint density at radius 1 is 1.07 bits per heavy atom. The van der Waals surface area contributed by atoms with E-state index < -0.39 is 53.6 Å². The molecule has 3 amide bonds. The molecule has 4 aliphatic rings. The standard InChI is InChI=1S/C33H37N3O7/c1-3-23(19-37)36-29-31(40)35(24-14-13-21-9-4-5-10-22(21)17-24)16-8-15-33(29)28(30(36)39)27-25(43-33)11-6-7-12-26(38)34-18-20(2)42-32(27)41/h4-6,8-11,13-15,17,20,23,25,27-29,37H,3,7,12,16,18-19H2,1-2H3,(H,34,38)/b11-6-/t20-,23-,25-,27+,28+,29-,33+/m0/s1. The average molecular weight is 588 g/mol. The molecule has 1 spiro atoms. The number of cyclic esters (lactones) is 1. The van der Waals surface area contributed by atoms with Crippen molar-refractivity contribution >= 4 is 40.2 Å². The number of fused-ring (bicyclic) bond motifs is 3. The zero-order valence-corrected chi connectivity index (χ0v) is 24.3. The van der Waals surface area contributed by atoms with Crippen molar-refractivity contribution < 1.29 is 33.8 Å². The van der Waals surface area contributed by atoms with E-state index in [-0.39, 0.29) is 37.9 Å². The van der Waals surface area contributed by atoms with Crippen LogP contribution >= 0.6 is 0 Å². The number of nitrogens with zero attached hydrogens (tertiary/aromatic N) is 2. The highest BCUT2D eigenvalue weighted by molar-refractivity contribution is 6.06. The maximum atomic E-state index is 14.7. The van der Waals surface area contributed by atoms with Gasteiger partial charge in [0.2, 0.25) is 11.8 Å². The topological polar surface area (TPSA) is 125 Å². The van der Waals surface area contributed by atoms with Crippen LogP contribution in [0.2, 0.25) is 0 Å². The minimum absolute atomic E-state index is 0.145. The first kappa shape index (κ1) is 29.1. The first-order chi connectivity index (χ1) is 20.8. The predicted molar refractivity (Wildman–Crippen MR) is 159 cm³/mol. The summed E-state index contributed by atoms with van der Waals surface area (Å²) in [6.07, 6.45) is 6.69. The zero-order chi connectivity index (χ0) is 30.3. The molecule has 2 fully saturated rings. The maximum Gasteiger partial charge on any atom is 0.313 e. The molecule has 4 aliphatic heterocycles. The Bertz CT molecular complexity index is 1500. The van der Waals surface area contributed by atoms with Crippen molar-refractivity contribution in [2.24, 2.45) is 11.8 Å². The monoisotopic (exact) mass is 587 g/mol. The molecule has 43 heavy (non-hydrogen) atoms. The summed E-state index contributed by atoms with van der Waals surface area (Å²) in [5.41, 5.74) is -0.786. The number of hydrogen-bond donors (Lipinski definition) is 2. The number of ether oxygens (including phenoxy) is 2. The summed E-state index contributed by atoms with van der Waals surface area (Å²) < 4.78 is 12.4. The van der Waals surface area contributed by atoms with Crippen LogP contribution in [0, 0.1) is 11.8 Å². The van der Waals surface area contributed by atoms with Crippen LogP contribution in [0.4, 0.5) is 5.69 Å². The van der Waals surface area contributed by atoms with Gasteiger partial charge in [-0.3, -0.25) is 19.2 Å². The highest BCUT2D eigenvalue weighted by Gasteiger charge is 2.72. The fourth-order valence-electron chi connectivity index (χ4n) is 6.99. The summed E-state index contributed by atoms with van der Waals surface area (Å²) in [6, 6.07) is 11.9. The van der Waals surface area contributed by atoms with E-state index in [2.05, 4.69) is 5.32 Å². The van der Waals surface area contributed by atoms with Crippen molar-refractivity contribution in [3.63, 3.8) is 0 Å². The van der Waals surface area contributed by atoms with Gasteiger partial charge in [-0.25, -0.2) is 0 Å². The summed E-state index contributed by atoms with van der Waals surface area (Å²) in [5.74, 6) is -3.60. The Balaban J connectivity index is 1.45. The van der Waals surface area contributed by atoms with Crippen LogP contribution in [0.5, 0.6) is 0 Å². The number of amides is 3. The summed E-state index contributed by atoms with van der Waals surface area (Å²) in [6.45, 7) is 3.57. The van der Waals surface area contributed by atoms with E-state index in [0.717, 1.165) is 10.8 Å². The lowest BCUT2D eigenvalue weighted by Crippen LogP contribution is -2.58. The second-order valence-electron chi connectivity index (χ2n) is 11.7. The Labute approximate surface area is 250 Å². The largest absolute Gasteiger partial charge is 0.460 e. The summed E-state index contributed by atoms with van der Waals surface area (Å²) >= 11 is 0. The van der Waals surface area contributed by atoms with Crippen LogP contribution in [0.3, 0.4) is 0 Å². The van der Waals surface area contributed by atoms with E-state index in [0.29, 0.717) is 18.5 Å². The maximum absolute atomic E-state index is 14.7. The van der Waals surface area contributed by atoms with Gasteiger partial charge in [0.25, 0.3) is 5.91 Å². The minimum Gasteiger partial charge on any atom is -0.460 e. The number of aliphatic hydroxyl groups is 1. The Hall–Kier alpha value is -4.02. The second-order valence-corrected chi connectivity index (χ2v) is 11.7. The van der Waals surface area contributed by atoms with Gasteiger partial charge in [0.15, 0.2) is 0 Å². The van der Waals surface area contributed by atoms with Gasteiger partial charge in [0, 0.05) is 18.7 Å². The SMILES string of the molecule is CC[C@@H](CO)N1C(=O)[C@H]2[C@@H]3C(=O)O[C@@H](C)CNC(=O)CC/C=C\[C@@H]3O[C@]23C=CCN(c2ccc4ccccc4c2)C(=O)[C@H]13. The molecule has 226 valence electrons. The molecule has 10 nitrogen and oxygen atoms in total. The van der Waals surface area contributed by atoms with Gasteiger partial charge in [-0.1, -0.05) is 61.6 Å². The Morgan fingerprint density at radius 3 is 2.63 bits per heavy atom. The van der Waals surface area contributed by atoms with E-state index in [4.69, 9.17) is 9.47 Å². The third-order valence-corrected chi connectivity index (χ3v) is 9.09. The van der Waals surface area contributed by atoms with Crippen LogP contribution in [0.1, 0.15) is 33.1 Å². The smallest absolute Gasteiger partial charge is 0.313 e. The molecule has 0 aliphatic carbocycles. The third kappa shape index (κ3) is 4.92. The number of rotatable bonds is 4. The van der Waals surface area contributed by atoms with Gasteiger partial charge >= 0.3 is 5.97 Å². The molecule has 10 heteroatoms. The number of nitrogens with one attached hydrogen (secondary N) is 1. The first-order valence-corrected chi connectivity index (χ1v) is 15.0. The van der Waals surface area contributed by atoms with E-state index >= 15 is 0 Å². The number of allylic oxidation sites excluding steroid dienone is 1. The van der Waals surface area contributed by atoms with Crippen molar-refractivity contribution in [3.05, 3.63) is 66.8 Å². The number of carbonyl (C=O) groups is 4. The molecule has 2 aromatic rings. The number of esters is 1. The highest BCUT2D eigenvalue weighted by Crippen LogP contribution is 2.54. The van der Waals surface area contributed by atoms with E-state index in [1.165, 1.54) is 4.90 Å². The molecular formula is C33H37N3O7. The molecular weight excluding hydrogens is 550 g/mol. The number of aliphatic hydroxyl groups excluding tert-OH is 1. The zero-order valence-electron chi connectivity index (χ0n) is 24.3. The number of anilines is 1. The fraction of sp³-hybridized carbons (Fsp3) is 0.455. The normalized spacial score (nSPS) is 32.6. The van der Waals surface area contributed by atoms with Crippen LogP contribution < -0.4 is 10.2 Å².